The van der Waals surface area contributed by atoms with Crippen molar-refractivity contribution in [1.82, 2.24) is 0 Å². The maximum Gasteiger partial charge on any atom is 0.224 e. The van der Waals surface area contributed by atoms with Gasteiger partial charge in [-0.3, -0.25) is 4.79 Å². The van der Waals surface area contributed by atoms with Crippen LogP contribution in [0.2, 0.25) is 0 Å². The average Bonchev–Trinajstić information content (AvgIpc) is 2.47. The van der Waals surface area contributed by atoms with Crippen LogP contribution < -0.4 is 5.32 Å². The molecule has 0 unspecified atom stereocenters. The highest BCUT2D eigenvalue weighted by molar-refractivity contribution is 7.98. The highest BCUT2D eigenvalue weighted by Gasteiger charge is 2.04. The minimum Gasteiger partial charge on any atom is -0.326 e. The summed E-state index contributed by atoms with van der Waals surface area (Å²) >= 11 is 1.63. The predicted molar refractivity (Wildman–Crippen MR) is 81.6 cm³/mol. The lowest BCUT2D eigenvalue weighted by molar-refractivity contribution is -0.116. The predicted octanol–water partition coefficient (Wildman–Crippen LogP) is 4.12. The largest absolute Gasteiger partial charge is 0.326 e. The molecule has 1 amide bonds. The molecule has 0 radical (unpaired) electrons. The third-order valence-electron chi connectivity index (χ3n) is 2.91. The van der Waals surface area contributed by atoms with Crippen LogP contribution in [0.4, 0.5) is 10.1 Å². The summed E-state index contributed by atoms with van der Waals surface area (Å²) in [5, 5.41) is 2.87. The molecule has 4 heteroatoms. The van der Waals surface area contributed by atoms with E-state index in [0.29, 0.717) is 12.8 Å². The van der Waals surface area contributed by atoms with E-state index in [0.717, 1.165) is 16.1 Å². The monoisotopic (exact) mass is 289 g/mol. The van der Waals surface area contributed by atoms with E-state index in [1.54, 1.807) is 23.9 Å². The van der Waals surface area contributed by atoms with Gasteiger partial charge < -0.3 is 5.32 Å². The van der Waals surface area contributed by atoms with Crippen LogP contribution in [0.3, 0.4) is 0 Å². The van der Waals surface area contributed by atoms with Crippen molar-refractivity contribution in [2.45, 2.75) is 17.7 Å². The Balaban J connectivity index is 1.87. The van der Waals surface area contributed by atoms with Crippen LogP contribution in [-0.2, 0) is 11.2 Å². The van der Waals surface area contributed by atoms with Gasteiger partial charge in [-0.2, -0.15) is 0 Å². The molecular formula is C16H16FNOS. The first-order valence-corrected chi connectivity index (χ1v) is 7.58. The first-order chi connectivity index (χ1) is 9.67. The molecule has 0 heterocycles. The van der Waals surface area contributed by atoms with E-state index in [4.69, 9.17) is 0 Å². The molecule has 20 heavy (non-hydrogen) atoms. The number of rotatable bonds is 5. The second-order valence-corrected chi connectivity index (χ2v) is 5.29. The molecule has 2 nitrogen and oxygen atoms in total. The lowest BCUT2D eigenvalue weighted by Crippen LogP contribution is -2.12. The Labute approximate surface area is 122 Å². The lowest BCUT2D eigenvalue weighted by atomic mass is 10.1. The first kappa shape index (κ1) is 14.6. The molecule has 0 fully saturated rings. The van der Waals surface area contributed by atoms with Crippen molar-refractivity contribution in [3.05, 3.63) is 59.9 Å². The summed E-state index contributed by atoms with van der Waals surface area (Å²) < 4.78 is 12.8. The number of halogens is 1. The fraction of sp³-hybridized carbons (Fsp3) is 0.188. The van der Waals surface area contributed by atoms with E-state index in [1.807, 2.05) is 30.5 Å². The van der Waals surface area contributed by atoms with E-state index in [2.05, 4.69) is 5.32 Å². The van der Waals surface area contributed by atoms with Crippen LogP contribution in [0, 0.1) is 5.82 Å². The van der Waals surface area contributed by atoms with Crippen molar-refractivity contribution in [3.8, 4) is 0 Å². The highest BCUT2D eigenvalue weighted by atomic mass is 32.2. The van der Waals surface area contributed by atoms with Gasteiger partial charge >= 0.3 is 0 Å². The molecule has 2 aromatic carbocycles. The topological polar surface area (TPSA) is 29.1 Å². The smallest absolute Gasteiger partial charge is 0.224 e. The number of carbonyl (C=O) groups is 1. The number of anilines is 1. The summed E-state index contributed by atoms with van der Waals surface area (Å²) in [4.78, 5) is 13.0. The second kappa shape index (κ2) is 7.10. The van der Waals surface area contributed by atoms with Crippen molar-refractivity contribution < 1.29 is 9.18 Å². The van der Waals surface area contributed by atoms with Gasteiger partial charge in [0, 0.05) is 17.0 Å². The van der Waals surface area contributed by atoms with Crippen molar-refractivity contribution in [2.24, 2.45) is 0 Å². The van der Waals surface area contributed by atoms with Gasteiger partial charge in [0.05, 0.1) is 0 Å². The summed E-state index contributed by atoms with van der Waals surface area (Å²) in [6.07, 6.45) is 2.99. The fourth-order valence-corrected chi connectivity index (χ4v) is 2.29. The number of hydrogen-bond donors (Lipinski definition) is 1. The minimum atomic E-state index is -0.257. The molecule has 0 aliphatic carbocycles. The van der Waals surface area contributed by atoms with E-state index in [1.165, 1.54) is 12.1 Å². The molecule has 0 atom stereocenters. The molecule has 2 aromatic rings. The van der Waals surface area contributed by atoms with Gasteiger partial charge in [0.2, 0.25) is 5.91 Å². The van der Waals surface area contributed by atoms with Crippen LogP contribution >= 0.6 is 11.8 Å². The second-order valence-electron chi connectivity index (χ2n) is 4.41. The molecule has 0 spiro atoms. The molecule has 0 aliphatic rings. The Morgan fingerprint density at radius 1 is 1.20 bits per heavy atom. The Kier molecular flexibility index (Phi) is 5.18. The van der Waals surface area contributed by atoms with Gasteiger partial charge in [-0.15, -0.1) is 11.8 Å². The summed E-state index contributed by atoms with van der Waals surface area (Å²) in [5.41, 5.74) is 1.76. The summed E-state index contributed by atoms with van der Waals surface area (Å²) in [5.74, 6) is -0.292. The fourth-order valence-electron chi connectivity index (χ4n) is 1.83. The van der Waals surface area contributed by atoms with Gasteiger partial charge in [-0.25, -0.2) is 4.39 Å². The van der Waals surface area contributed by atoms with E-state index in [-0.39, 0.29) is 11.7 Å². The molecule has 104 valence electrons. The lowest BCUT2D eigenvalue weighted by Gasteiger charge is -2.06. The van der Waals surface area contributed by atoms with Crippen LogP contribution in [-0.4, -0.2) is 12.2 Å². The van der Waals surface area contributed by atoms with Gasteiger partial charge in [0.1, 0.15) is 5.82 Å². The van der Waals surface area contributed by atoms with Gasteiger partial charge in [-0.05, 0) is 48.6 Å². The Morgan fingerprint density at radius 2 is 1.95 bits per heavy atom. The van der Waals surface area contributed by atoms with Crippen LogP contribution in [0.25, 0.3) is 0 Å². The number of amides is 1. The number of thioether (sulfide) groups is 1. The Morgan fingerprint density at radius 3 is 2.65 bits per heavy atom. The normalized spacial score (nSPS) is 10.3. The Hall–Kier alpha value is -1.81. The van der Waals surface area contributed by atoms with Gasteiger partial charge in [0.15, 0.2) is 0 Å². The molecule has 1 N–H and O–H groups in total. The highest BCUT2D eigenvalue weighted by Crippen LogP contribution is 2.19. The SMILES string of the molecule is CSc1cccc(NC(=O)CCc2ccc(F)cc2)c1. The molecule has 0 bridgehead atoms. The Bertz CT molecular complexity index is 583. The van der Waals surface area contributed by atoms with E-state index < -0.39 is 0 Å². The van der Waals surface area contributed by atoms with Crippen molar-refractivity contribution in [2.75, 3.05) is 11.6 Å². The average molecular weight is 289 g/mol. The summed E-state index contributed by atoms with van der Waals surface area (Å²) in [6, 6.07) is 14.0. The number of hydrogen-bond acceptors (Lipinski definition) is 2. The van der Waals surface area contributed by atoms with Crippen LogP contribution in [0.15, 0.2) is 53.4 Å². The van der Waals surface area contributed by atoms with Gasteiger partial charge in [-0.1, -0.05) is 18.2 Å². The molecule has 0 aromatic heterocycles. The molecular weight excluding hydrogens is 273 g/mol. The van der Waals surface area contributed by atoms with E-state index >= 15 is 0 Å². The van der Waals surface area contributed by atoms with E-state index in [9.17, 15) is 9.18 Å². The molecule has 0 saturated carbocycles. The maximum absolute atomic E-state index is 12.8. The molecule has 2 rings (SSSR count). The van der Waals surface area contributed by atoms with Crippen molar-refractivity contribution in [1.29, 1.82) is 0 Å². The molecule has 0 saturated heterocycles. The first-order valence-electron chi connectivity index (χ1n) is 6.36. The number of carbonyl (C=O) groups excluding carboxylic acids is 1. The maximum atomic E-state index is 12.8. The zero-order valence-corrected chi connectivity index (χ0v) is 12.0. The van der Waals surface area contributed by atoms with Crippen molar-refractivity contribution >= 4 is 23.4 Å². The zero-order valence-electron chi connectivity index (χ0n) is 11.2. The van der Waals surface area contributed by atoms with Crippen molar-refractivity contribution in [3.63, 3.8) is 0 Å². The molecule has 0 aliphatic heterocycles. The van der Waals surface area contributed by atoms with Gasteiger partial charge in [0.25, 0.3) is 0 Å². The summed E-state index contributed by atoms with van der Waals surface area (Å²) in [6.45, 7) is 0. The van der Waals surface area contributed by atoms with Crippen LogP contribution in [0.5, 0.6) is 0 Å². The minimum absolute atomic E-state index is 0.0346. The number of nitrogens with one attached hydrogen (secondary N) is 1. The standard InChI is InChI=1S/C16H16FNOS/c1-20-15-4-2-3-14(11-15)18-16(19)10-7-12-5-8-13(17)9-6-12/h2-6,8-9,11H,7,10H2,1H3,(H,18,19). The van der Waals surface area contributed by atoms with Crippen LogP contribution in [0.1, 0.15) is 12.0 Å². The number of aryl methyl sites for hydroxylation is 1. The quantitative estimate of drug-likeness (QED) is 0.839. The number of benzene rings is 2. The summed E-state index contributed by atoms with van der Waals surface area (Å²) in [7, 11) is 0. The zero-order chi connectivity index (χ0) is 14.4. The third-order valence-corrected chi connectivity index (χ3v) is 3.63. The third kappa shape index (κ3) is 4.38.